The summed E-state index contributed by atoms with van der Waals surface area (Å²) in [4.78, 5) is 10.6. The van der Waals surface area contributed by atoms with Crippen molar-refractivity contribution in [3.8, 4) is 17.6 Å². The van der Waals surface area contributed by atoms with Gasteiger partial charge in [-0.05, 0) is 31.2 Å². The van der Waals surface area contributed by atoms with Crippen LogP contribution in [0.15, 0.2) is 40.9 Å². The van der Waals surface area contributed by atoms with Gasteiger partial charge >= 0.3 is 5.69 Å². The largest absolute Gasteiger partial charge is 0.449 e. The van der Waals surface area contributed by atoms with Gasteiger partial charge in [-0.15, -0.1) is 0 Å². The van der Waals surface area contributed by atoms with Crippen LogP contribution < -0.4 is 4.74 Å². The SMILES string of the molecule is Cc1cccc(Oc2cc(Br)ccc2C#N)c1[N+](=O)[O-]. The molecule has 0 unspecified atom stereocenters. The molecule has 0 saturated carbocycles. The topological polar surface area (TPSA) is 76.2 Å². The number of nitro groups is 1. The minimum Gasteiger partial charge on any atom is -0.449 e. The van der Waals surface area contributed by atoms with Crippen LogP contribution in [0.3, 0.4) is 0 Å². The summed E-state index contributed by atoms with van der Waals surface area (Å²) >= 11 is 3.28. The summed E-state index contributed by atoms with van der Waals surface area (Å²) in [6.07, 6.45) is 0. The summed E-state index contributed by atoms with van der Waals surface area (Å²) < 4.78 is 6.28. The first-order valence-electron chi connectivity index (χ1n) is 5.64. The molecule has 0 aliphatic rings. The molecule has 0 aliphatic heterocycles. The van der Waals surface area contributed by atoms with Crippen LogP contribution in [0, 0.1) is 28.4 Å². The Bertz CT molecular complexity index is 723. The summed E-state index contributed by atoms with van der Waals surface area (Å²) in [5.41, 5.74) is 0.710. The molecule has 0 fully saturated rings. The van der Waals surface area contributed by atoms with Crippen molar-refractivity contribution in [3.63, 3.8) is 0 Å². The molecule has 0 saturated heterocycles. The Morgan fingerprint density at radius 3 is 2.70 bits per heavy atom. The van der Waals surface area contributed by atoms with Gasteiger partial charge in [0.2, 0.25) is 5.75 Å². The number of ether oxygens (including phenoxy) is 1. The maximum atomic E-state index is 11.1. The minimum atomic E-state index is -0.491. The van der Waals surface area contributed by atoms with Crippen molar-refractivity contribution >= 4 is 21.6 Å². The van der Waals surface area contributed by atoms with Crippen molar-refractivity contribution in [2.24, 2.45) is 0 Å². The van der Waals surface area contributed by atoms with Crippen molar-refractivity contribution in [2.45, 2.75) is 6.92 Å². The van der Waals surface area contributed by atoms with Crippen LogP contribution in [0.2, 0.25) is 0 Å². The van der Waals surface area contributed by atoms with E-state index in [2.05, 4.69) is 15.9 Å². The molecule has 2 rings (SSSR count). The van der Waals surface area contributed by atoms with E-state index in [-0.39, 0.29) is 17.2 Å². The molecule has 0 N–H and O–H groups in total. The second-order valence-corrected chi connectivity index (χ2v) is 4.95. The lowest BCUT2D eigenvalue weighted by atomic mass is 10.2. The number of halogens is 1. The molecule has 100 valence electrons. The highest BCUT2D eigenvalue weighted by atomic mass is 79.9. The predicted molar refractivity (Wildman–Crippen MR) is 76.8 cm³/mol. The Hall–Kier alpha value is -2.39. The fraction of sp³-hybridized carbons (Fsp3) is 0.0714. The smallest absolute Gasteiger partial charge is 0.314 e. The van der Waals surface area contributed by atoms with Gasteiger partial charge in [-0.2, -0.15) is 5.26 Å². The van der Waals surface area contributed by atoms with E-state index in [1.54, 1.807) is 37.3 Å². The molecule has 0 aromatic heterocycles. The first kappa shape index (κ1) is 14.0. The van der Waals surface area contributed by atoms with Crippen LogP contribution in [0.4, 0.5) is 5.69 Å². The average molecular weight is 333 g/mol. The van der Waals surface area contributed by atoms with Gasteiger partial charge in [-0.25, -0.2) is 0 Å². The second-order valence-electron chi connectivity index (χ2n) is 4.03. The number of rotatable bonds is 3. The standard InChI is InChI=1S/C14H9BrN2O3/c1-9-3-2-4-12(14(9)17(18)19)20-13-7-11(15)6-5-10(13)8-16/h2-7H,1H3. The average Bonchev–Trinajstić information content (AvgIpc) is 2.38. The highest BCUT2D eigenvalue weighted by Gasteiger charge is 2.19. The first-order valence-corrected chi connectivity index (χ1v) is 6.43. The van der Waals surface area contributed by atoms with E-state index in [1.165, 1.54) is 6.07 Å². The number of nitro benzene ring substituents is 1. The van der Waals surface area contributed by atoms with E-state index >= 15 is 0 Å². The summed E-state index contributed by atoms with van der Waals surface area (Å²) in [6.45, 7) is 1.64. The monoisotopic (exact) mass is 332 g/mol. The molecule has 2 aromatic rings. The Morgan fingerprint density at radius 1 is 1.30 bits per heavy atom. The van der Waals surface area contributed by atoms with Gasteiger partial charge in [0, 0.05) is 10.0 Å². The fourth-order valence-electron chi connectivity index (χ4n) is 1.74. The Balaban J connectivity index is 2.51. The highest BCUT2D eigenvalue weighted by molar-refractivity contribution is 9.10. The maximum absolute atomic E-state index is 11.1. The van der Waals surface area contributed by atoms with Crippen LogP contribution in [0.25, 0.3) is 0 Å². The van der Waals surface area contributed by atoms with Crippen LogP contribution in [0.5, 0.6) is 11.5 Å². The summed E-state index contributed by atoms with van der Waals surface area (Å²) in [5.74, 6) is 0.389. The van der Waals surface area contributed by atoms with Gasteiger partial charge < -0.3 is 4.74 Å². The van der Waals surface area contributed by atoms with Gasteiger partial charge in [0.05, 0.1) is 10.5 Å². The van der Waals surface area contributed by atoms with Crippen LogP contribution in [-0.4, -0.2) is 4.92 Å². The highest BCUT2D eigenvalue weighted by Crippen LogP contribution is 2.35. The maximum Gasteiger partial charge on any atom is 0.314 e. The van der Waals surface area contributed by atoms with Crippen LogP contribution in [0.1, 0.15) is 11.1 Å². The third kappa shape index (κ3) is 2.78. The number of nitriles is 1. The molecule has 0 atom stereocenters. The van der Waals surface area contributed by atoms with Crippen LogP contribution in [-0.2, 0) is 0 Å². The lowest BCUT2D eigenvalue weighted by Crippen LogP contribution is -1.97. The zero-order valence-electron chi connectivity index (χ0n) is 10.5. The molecule has 20 heavy (non-hydrogen) atoms. The van der Waals surface area contributed by atoms with Gasteiger partial charge in [-0.3, -0.25) is 10.1 Å². The minimum absolute atomic E-state index is 0.101. The van der Waals surface area contributed by atoms with Gasteiger partial charge in [0.15, 0.2) is 0 Å². The number of para-hydroxylation sites is 1. The van der Waals surface area contributed by atoms with Gasteiger partial charge in [0.25, 0.3) is 0 Å². The number of hydrogen-bond donors (Lipinski definition) is 0. The van der Waals surface area contributed by atoms with E-state index in [0.29, 0.717) is 11.1 Å². The Kier molecular flexibility index (Phi) is 4.01. The van der Waals surface area contributed by atoms with E-state index in [9.17, 15) is 10.1 Å². The fourth-order valence-corrected chi connectivity index (χ4v) is 2.08. The zero-order chi connectivity index (χ0) is 14.7. The van der Waals surface area contributed by atoms with E-state index < -0.39 is 4.92 Å². The van der Waals surface area contributed by atoms with E-state index in [4.69, 9.17) is 10.00 Å². The molecule has 0 heterocycles. The van der Waals surface area contributed by atoms with Crippen molar-refractivity contribution in [2.75, 3.05) is 0 Å². The molecule has 2 aromatic carbocycles. The molecule has 5 nitrogen and oxygen atoms in total. The van der Waals surface area contributed by atoms with E-state index in [0.717, 1.165) is 4.47 Å². The summed E-state index contributed by atoms with van der Waals surface area (Å²) in [6, 6.07) is 11.7. The van der Waals surface area contributed by atoms with Gasteiger partial charge in [0.1, 0.15) is 11.8 Å². The van der Waals surface area contributed by atoms with Crippen molar-refractivity contribution in [3.05, 3.63) is 62.1 Å². The normalized spacial score (nSPS) is 9.85. The van der Waals surface area contributed by atoms with Gasteiger partial charge in [-0.1, -0.05) is 28.1 Å². The summed E-state index contributed by atoms with van der Waals surface area (Å²) in [5, 5.41) is 20.1. The number of aryl methyl sites for hydroxylation is 1. The van der Waals surface area contributed by atoms with Crippen molar-refractivity contribution in [1.29, 1.82) is 5.26 Å². The molecule has 0 spiro atoms. The third-order valence-corrected chi connectivity index (χ3v) is 3.16. The molecule has 0 bridgehead atoms. The molecule has 0 radical (unpaired) electrons. The first-order chi connectivity index (χ1) is 9.52. The molecular weight excluding hydrogens is 324 g/mol. The number of nitrogens with zero attached hydrogens (tertiary/aromatic N) is 2. The Labute approximate surface area is 123 Å². The molecular formula is C14H9BrN2O3. The van der Waals surface area contributed by atoms with Crippen LogP contribution >= 0.6 is 15.9 Å². The van der Waals surface area contributed by atoms with Crippen molar-refractivity contribution < 1.29 is 9.66 Å². The summed E-state index contributed by atoms with van der Waals surface area (Å²) in [7, 11) is 0. The number of benzene rings is 2. The Morgan fingerprint density at radius 2 is 2.05 bits per heavy atom. The number of hydrogen-bond acceptors (Lipinski definition) is 4. The third-order valence-electron chi connectivity index (χ3n) is 2.67. The predicted octanol–water partition coefficient (Wildman–Crippen LogP) is 4.33. The molecule has 6 heteroatoms. The molecule has 0 aliphatic carbocycles. The second kappa shape index (κ2) is 5.72. The van der Waals surface area contributed by atoms with Crippen molar-refractivity contribution in [1.82, 2.24) is 0 Å². The zero-order valence-corrected chi connectivity index (χ0v) is 12.0. The molecule has 0 amide bonds. The quantitative estimate of drug-likeness (QED) is 0.619. The lowest BCUT2D eigenvalue weighted by molar-refractivity contribution is -0.386. The lowest BCUT2D eigenvalue weighted by Gasteiger charge is -2.09. The van der Waals surface area contributed by atoms with E-state index in [1.807, 2.05) is 6.07 Å².